The molecule has 92 valence electrons. The molecule has 1 aliphatic heterocycles. The first-order chi connectivity index (χ1) is 8.09. The predicted octanol–water partition coefficient (Wildman–Crippen LogP) is 0.440. The first kappa shape index (κ1) is 11.9. The van der Waals surface area contributed by atoms with Crippen molar-refractivity contribution >= 4 is 11.7 Å². The molecule has 1 aliphatic rings. The monoisotopic (exact) mass is 234 g/mol. The first-order valence-corrected chi connectivity index (χ1v) is 5.79. The summed E-state index contributed by atoms with van der Waals surface area (Å²) >= 11 is 0. The van der Waals surface area contributed by atoms with Gasteiger partial charge in [-0.2, -0.15) is 0 Å². The zero-order valence-corrected chi connectivity index (χ0v) is 10.3. The van der Waals surface area contributed by atoms with E-state index in [1.165, 1.54) is 0 Å². The topological polar surface area (TPSA) is 62.5 Å². The van der Waals surface area contributed by atoms with Crippen molar-refractivity contribution in [2.75, 3.05) is 32.4 Å². The van der Waals surface area contributed by atoms with E-state index >= 15 is 0 Å². The quantitative estimate of drug-likeness (QED) is 0.766. The van der Waals surface area contributed by atoms with Crippen molar-refractivity contribution in [2.24, 2.45) is 0 Å². The summed E-state index contributed by atoms with van der Waals surface area (Å²) in [7, 11) is 2.07. The van der Waals surface area contributed by atoms with E-state index in [4.69, 9.17) is 5.73 Å². The first-order valence-electron chi connectivity index (χ1n) is 5.79. The summed E-state index contributed by atoms with van der Waals surface area (Å²) in [6, 6.07) is 3.68. The van der Waals surface area contributed by atoms with Crippen molar-refractivity contribution in [3.05, 3.63) is 23.9 Å². The number of nitrogens with two attached hydrogens (primary N) is 1. The smallest absolute Gasteiger partial charge is 0.257 e. The molecule has 0 radical (unpaired) electrons. The number of hydrogen-bond acceptors (Lipinski definition) is 4. The fourth-order valence-corrected chi connectivity index (χ4v) is 2.19. The van der Waals surface area contributed by atoms with Crippen LogP contribution in [0.1, 0.15) is 17.3 Å². The Hall–Kier alpha value is -1.62. The second-order valence-electron chi connectivity index (χ2n) is 4.55. The predicted molar refractivity (Wildman–Crippen MR) is 66.6 cm³/mol. The molecule has 0 aromatic carbocycles. The van der Waals surface area contributed by atoms with Gasteiger partial charge in [0, 0.05) is 31.9 Å². The highest BCUT2D eigenvalue weighted by atomic mass is 16.2. The van der Waals surface area contributed by atoms with Gasteiger partial charge in [-0.3, -0.25) is 4.79 Å². The van der Waals surface area contributed by atoms with Gasteiger partial charge in [0.25, 0.3) is 5.91 Å². The molecule has 0 spiro atoms. The fourth-order valence-electron chi connectivity index (χ4n) is 2.19. The minimum absolute atomic E-state index is 0.0174. The van der Waals surface area contributed by atoms with Crippen molar-refractivity contribution < 1.29 is 4.79 Å². The number of amides is 1. The van der Waals surface area contributed by atoms with E-state index in [2.05, 4.69) is 23.9 Å². The van der Waals surface area contributed by atoms with Crippen LogP contribution in [0, 0.1) is 0 Å². The van der Waals surface area contributed by atoms with E-state index in [9.17, 15) is 4.79 Å². The lowest BCUT2D eigenvalue weighted by Gasteiger charge is -2.38. The lowest BCUT2D eigenvalue weighted by Crippen LogP contribution is -2.52. The average molecular weight is 234 g/mol. The molecule has 1 aromatic heterocycles. The SMILES string of the molecule is CC1CN(C)CCN1C(=O)c1cccnc1N. The van der Waals surface area contributed by atoms with Gasteiger partial charge in [-0.1, -0.05) is 0 Å². The van der Waals surface area contributed by atoms with Gasteiger partial charge in [-0.25, -0.2) is 4.98 Å². The minimum atomic E-state index is -0.0174. The minimum Gasteiger partial charge on any atom is -0.383 e. The molecule has 1 aromatic rings. The summed E-state index contributed by atoms with van der Waals surface area (Å²) in [5.74, 6) is 0.292. The molecular formula is C12H18N4O. The zero-order chi connectivity index (χ0) is 12.4. The van der Waals surface area contributed by atoms with Crippen LogP contribution in [0.3, 0.4) is 0 Å². The summed E-state index contributed by atoms with van der Waals surface area (Å²) in [6.07, 6.45) is 1.60. The summed E-state index contributed by atoms with van der Waals surface area (Å²) in [6.45, 7) is 4.59. The largest absolute Gasteiger partial charge is 0.383 e. The summed E-state index contributed by atoms with van der Waals surface area (Å²) < 4.78 is 0. The van der Waals surface area contributed by atoms with E-state index in [0.717, 1.165) is 19.6 Å². The van der Waals surface area contributed by atoms with E-state index in [1.807, 2.05) is 4.90 Å². The van der Waals surface area contributed by atoms with Gasteiger partial charge in [0.05, 0.1) is 5.56 Å². The molecule has 1 amide bonds. The lowest BCUT2D eigenvalue weighted by atomic mass is 10.1. The van der Waals surface area contributed by atoms with Crippen LogP contribution in [0.25, 0.3) is 0 Å². The fraction of sp³-hybridized carbons (Fsp3) is 0.500. The number of nitrogens with zero attached hydrogens (tertiary/aromatic N) is 3. The number of piperazine rings is 1. The van der Waals surface area contributed by atoms with Gasteiger partial charge in [-0.15, -0.1) is 0 Å². The number of nitrogen functional groups attached to an aromatic ring is 1. The molecule has 0 bridgehead atoms. The average Bonchev–Trinajstić information content (AvgIpc) is 2.29. The molecule has 17 heavy (non-hydrogen) atoms. The summed E-state index contributed by atoms with van der Waals surface area (Å²) in [5.41, 5.74) is 6.24. The molecule has 1 unspecified atom stereocenters. The van der Waals surface area contributed by atoms with Crippen LogP contribution in [0.5, 0.6) is 0 Å². The second-order valence-corrected chi connectivity index (χ2v) is 4.55. The van der Waals surface area contributed by atoms with E-state index in [-0.39, 0.29) is 11.9 Å². The van der Waals surface area contributed by atoms with Crippen LogP contribution < -0.4 is 5.73 Å². The maximum Gasteiger partial charge on any atom is 0.257 e. The third-order valence-electron chi connectivity index (χ3n) is 3.16. The number of likely N-dealkylation sites (N-methyl/N-ethyl adjacent to an activating group) is 1. The maximum atomic E-state index is 12.3. The number of aromatic nitrogens is 1. The van der Waals surface area contributed by atoms with Crippen LogP contribution in [-0.2, 0) is 0 Å². The number of hydrogen-bond donors (Lipinski definition) is 1. The molecule has 5 heteroatoms. The Morgan fingerprint density at radius 3 is 2.94 bits per heavy atom. The van der Waals surface area contributed by atoms with Crippen molar-refractivity contribution in [3.8, 4) is 0 Å². The molecule has 1 atom stereocenters. The number of carbonyl (C=O) groups is 1. The molecular weight excluding hydrogens is 216 g/mol. The Morgan fingerprint density at radius 2 is 2.29 bits per heavy atom. The summed E-state index contributed by atoms with van der Waals surface area (Å²) in [5, 5.41) is 0. The van der Waals surface area contributed by atoms with Gasteiger partial charge >= 0.3 is 0 Å². The van der Waals surface area contributed by atoms with Crippen molar-refractivity contribution in [3.63, 3.8) is 0 Å². The number of carbonyl (C=O) groups excluding carboxylic acids is 1. The molecule has 5 nitrogen and oxygen atoms in total. The third-order valence-corrected chi connectivity index (χ3v) is 3.16. The Labute approximate surface area is 101 Å². The van der Waals surface area contributed by atoms with Crippen LogP contribution in [0.4, 0.5) is 5.82 Å². The van der Waals surface area contributed by atoms with Crippen LogP contribution in [-0.4, -0.2) is 53.4 Å². The highest BCUT2D eigenvalue weighted by Crippen LogP contribution is 2.15. The molecule has 2 N–H and O–H groups in total. The van der Waals surface area contributed by atoms with Gasteiger partial charge in [0.15, 0.2) is 0 Å². The maximum absolute atomic E-state index is 12.3. The van der Waals surface area contributed by atoms with E-state index in [1.54, 1.807) is 18.3 Å². The number of pyridine rings is 1. The summed E-state index contributed by atoms with van der Waals surface area (Å²) in [4.78, 5) is 20.4. The molecule has 0 saturated carbocycles. The van der Waals surface area contributed by atoms with Crippen LogP contribution in [0.2, 0.25) is 0 Å². The van der Waals surface area contributed by atoms with Gasteiger partial charge < -0.3 is 15.5 Å². The normalized spacial score (nSPS) is 21.5. The standard InChI is InChI=1S/C12H18N4O/c1-9-8-15(2)6-7-16(9)12(17)10-4-3-5-14-11(10)13/h3-5,9H,6-8H2,1-2H3,(H2,13,14). The second kappa shape index (κ2) is 4.71. The van der Waals surface area contributed by atoms with Gasteiger partial charge in [0.2, 0.25) is 0 Å². The van der Waals surface area contributed by atoms with Crippen LogP contribution in [0.15, 0.2) is 18.3 Å². The van der Waals surface area contributed by atoms with Crippen LogP contribution >= 0.6 is 0 Å². The highest BCUT2D eigenvalue weighted by Gasteiger charge is 2.27. The Balaban J connectivity index is 2.18. The highest BCUT2D eigenvalue weighted by molar-refractivity contribution is 5.98. The third kappa shape index (κ3) is 2.39. The van der Waals surface area contributed by atoms with Gasteiger partial charge in [0.1, 0.15) is 5.82 Å². The van der Waals surface area contributed by atoms with Crippen molar-refractivity contribution in [1.82, 2.24) is 14.8 Å². The van der Waals surface area contributed by atoms with Gasteiger partial charge in [-0.05, 0) is 26.1 Å². The Bertz CT molecular complexity index is 421. The lowest BCUT2D eigenvalue weighted by molar-refractivity contribution is 0.0534. The van der Waals surface area contributed by atoms with E-state index < -0.39 is 0 Å². The zero-order valence-electron chi connectivity index (χ0n) is 10.3. The molecule has 2 heterocycles. The molecule has 0 aliphatic carbocycles. The van der Waals surface area contributed by atoms with Crippen molar-refractivity contribution in [2.45, 2.75) is 13.0 Å². The number of rotatable bonds is 1. The molecule has 2 rings (SSSR count). The molecule has 1 saturated heterocycles. The molecule has 1 fully saturated rings. The Morgan fingerprint density at radius 1 is 1.53 bits per heavy atom. The number of anilines is 1. The van der Waals surface area contributed by atoms with Crippen molar-refractivity contribution in [1.29, 1.82) is 0 Å². The van der Waals surface area contributed by atoms with E-state index in [0.29, 0.717) is 11.4 Å². The Kier molecular flexibility index (Phi) is 3.28.